The largest absolute Gasteiger partial charge is 0.467 e. The molecule has 0 aliphatic carbocycles. The molecule has 1 rings (SSSR count). The lowest BCUT2D eigenvalue weighted by atomic mass is 10.2. The van der Waals surface area contributed by atoms with Gasteiger partial charge in [0.25, 0.3) is 0 Å². The van der Waals surface area contributed by atoms with E-state index in [4.69, 9.17) is 16.0 Å². The van der Waals surface area contributed by atoms with Crippen LogP contribution in [0.25, 0.3) is 0 Å². The van der Waals surface area contributed by atoms with E-state index in [0.717, 1.165) is 6.26 Å². The average Bonchev–Trinajstić information content (AvgIpc) is 2.22. The van der Waals surface area contributed by atoms with Gasteiger partial charge in [0, 0.05) is 6.42 Å². The molecule has 1 heterocycles. The molecule has 0 radical (unpaired) electrons. The van der Waals surface area contributed by atoms with Crippen molar-refractivity contribution in [3.05, 3.63) is 32.8 Å². The molecule has 0 N–H and O–H groups in total. The number of rotatable bonds is 3. The van der Waals surface area contributed by atoms with Gasteiger partial charge in [0.2, 0.25) is 5.43 Å². The molecule has 1 aromatic rings. The zero-order valence-corrected chi connectivity index (χ0v) is 9.26. The molecular formula is C10H11ClO4. The van der Waals surface area contributed by atoms with Crippen molar-refractivity contribution in [3.63, 3.8) is 0 Å². The summed E-state index contributed by atoms with van der Waals surface area (Å²) < 4.78 is 9.73. The van der Waals surface area contributed by atoms with Gasteiger partial charge in [0.15, 0.2) is 0 Å². The van der Waals surface area contributed by atoms with E-state index in [2.05, 4.69) is 4.74 Å². The summed E-state index contributed by atoms with van der Waals surface area (Å²) >= 11 is 5.73. The molecule has 0 spiro atoms. The van der Waals surface area contributed by atoms with E-state index in [-0.39, 0.29) is 17.2 Å². The van der Waals surface area contributed by atoms with E-state index in [9.17, 15) is 9.59 Å². The summed E-state index contributed by atoms with van der Waals surface area (Å²) in [6, 6.07) is 0. The maximum Gasteiger partial charge on any atom is 0.345 e. The number of ether oxygens (including phenoxy) is 1. The predicted octanol–water partition coefficient (Wildman–Crippen LogP) is 2.03. The highest BCUT2D eigenvalue weighted by Crippen LogP contribution is 2.13. The van der Waals surface area contributed by atoms with Gasteiger partial charge in [0.1, 0.15) is 22.6 Å². The van der Waals surface area contributed by atoms with Gasteiger partial charge in [-0.3, -0.25) is 4.79 Å². The Balaban J connectivity index is 3.18. The molecule has 0 aliphatic rings. The van der Waals surface area contributed by atoms with E-state index in [1.165, 1.54) is 0 Å². The van der Waals surface area contributed by atoms with Crippen molar-refractivity contribution in [2.45, 2.75) is 20.3 Å². The monoisotopic (exact) mass is 230 g/mol. The molecule has 0 atom stereocenters. The standard InChI is InChI=1S/C10H11ClO4/c1-3-7-8(11)9(12)6(5-15-7)10(13)14-4-2/h5H,3-4H2,1-2H3. The second-order valence-electron chi connectivity index (χ2n) is 2.79. The first-order valence-corrected chi connectivity index (χ1v) is 4.96. The third-order valence-corrected chi connectivity index (χ3v) is 2.21. The average molecular weight is 231 g/mol. The highest BCUT2D eigenvalue weighted by molar-refractivity contribution is 6.31. The topological polar surface area (TPSA) is 56.5 Å². The smallest absolute Gasteiger partial charge is 0.345 e. The molecule has 0 fully saturated rings. The minimum Gasteiger partial charge on any atom is -0.467 e. The summed E-state index contributed by atoms with van der Waals surface area (Å²) in [5, 5.41) is -0.0527. The van der Waals surface area contributed by atoms with Crippen molar-refractivity contribution in [1.82, 2.24) is 0 Å². The van der Waals surface area contributed by atoms with Crippen molar-refractivity contribution in [3.8, 4) is 0 Å². The first-order chi connectivity index (χ1) is 7.11. The van der Waals surface area contributed by atoms with Gasteiger partial charge in [-0.15, -0.1) is 0 Å². The number of carbonyl (C=O) groups excluding carboxylic acids is 1. The van der Waals surface area contributed by atoms with E-state index in [1.807, 2.05) is 0 Å². The van der Waals surface area contributed by atoms with Gasteiger partial charge < -0.3 is 9.15 Å². The van der Waals surface area contributed by atoms with Crippen molar-refractivity contribution >= 4 is 17.6 Å². The summed E-state index contributed by atoms with van der Waals surface area (Å²) in [7, 11) is 0. The minimum atomic E-state index is -0.712. The number of hydrogen-bond acceptors (Lipinski definition) is 4. The van der Waals surface area contributed by atoms with Crippen LogP contribution in [0.1, 0.15) is 30.0 Å². The Bertz CT molecular complexity index is 422. The molecule has 1 aromatic heterocycles. The molecule has 5 heteroatoms. The Morgan fingerprint density at radius 2 is 2.20 bits per heavy atom. The molecular weight excluding hydrogens is 220 g/mol. The van der Waals surface area contributed by atoms with Crippen molar-refractivity contribution in [2.75, 3.05) is 6.61 Å². The summed E-state index contributed by atoms with van der Waals surface area (Å²) in [6.45, 7) is 3.65. The first kappa shape index (κ1) is 11.8. The summed E-state index contributed by atoms with van der Waals surface area (Å²) in [5.41, 5.74) is -0.711. The summed E-state index contributed by atoms with van der Waals surface area (Å²) in [6.07, 6.45) is 1.59. The second-order valence-corrected chi connectivity index (χ2v) is 3.17. The Morgan fingerprint density at radius 1 is 1.53 bits per heavy atom. The molecule has 0 amide bonds. The van der Waals surface area contributed by atoms with Gasteiger partial charge in [-0.05, 0) is 6.92 Å². The first-order valence-electron chi connectivity index (χ1n) is 4.59. The van der Waals surface area contributed by atoms with Crippen LogP contribution in [0.3, 0.4) is 0 Å². The lowest BCUT2D eigenvalue weighted by molar-refractivity contribution is 0.0522. The van der Waals surface area contributed by atoms with Crippen LogP contribution in [0.4, 0.5) is 0 Å². The highest BCUT2D eigenvalue weighted by atomic mass is 35.5. The Hall–Kier alpha value is -1.29. The van der Waals surface area contributed by atoms with E-state index >= 15 is 0 Å². The number of esters is 1. The SMILES string of the molecule is CCOC(=O)c1coc(CC)c(Cl)c1=O. The van der Waals surface area contributed by atoms with Gasteiger partial charge in [-0.2, -0.15) is 0 Å². The number of carbonyl (C=O) groups is 1. The summed E-state index contributed by atoms with van der Waals surface area (Å²) in [5.74, 6) is -0.342. The summed E-state index contributed by atoms with van der Waals surface area (Å²) in [4.78, 5) is 22.8. The second kappa shape index (κ2) is 4.98. The predicted molar refractivity (Wildman–Crippen MR) is 55.3 cm³/mol. The third-order valence-electron chi connectivity index (χ3n) is 1.82. The Labute approximate surface area is 91.8 Å². The van der Waals surface area contributed by atoms with Crippen molar-refractivity contribution in [2.24, 2.45) is 0 Å². The van der Waals surface area contributed by atoms with Crippen molar-refractivity contribution < 1.29 is 13.9 Å². The van der Waals surface area contributed by atoms with Gasteiger partial charge >= 0.3 is 5.97 Å². The fourth-order valence-corrected chi connectivity index (χ4v) is 1.35. The van der Waals surface area contributed by atoms with E-state index in [0.29, 0.717) is 12.2 Å². The third kappa shape index (κ3) is 2.39. The number of aryl methyl sites for hydroxylation is 1. The maximum absolute atomic E-state index is 11.6. The molecule has 0 unspecified atom stereocenters. The van der Waals surface area contributed by atoms with Gasteiger partial charge in [-0.25, -0.2) is 4.79 Å². The Kier molecular flexibility index (Phi) is 3.91. The minimum absolute atomic E-state index is 0.0527. The molecule has 4 nitrogen and oxygen atoms in total. The zero-order chi connectivity index (χ0) is 11.4. The van der Waals surface area contributed by atoms with Crippen LogP contribution in [0.5, 0.6) is 0 Å². The fourth-order valence-electron chi connectivity index (χ4n) is 1.07. The normalized spacial score (nSPS) is 10.1. The number of halogens is 1. The zero-order valence-electron chi connectivity index (χ0n) is 8.50. The van der Waals surface area contributed by atoms with Crippen molar-refractivity contribution in [1.29, 1.82) is 0 Å². The molecule has 82 valence electrons. The van der Waals surface area contributed by atoms with Crippen LogP contribution in [-0.2, 0) is 11.2 Å². The quantitative estimate of drug-likeness (QED) is 0.746. The van der Waals surface area contributed by atoms with Gasteiger partial charge in [-0.1, -0.05) is 18.5 Å². The maximum atomic E-state index is 11.6. The van der Waals surface area contributed by atoms with Crippen LogP contribution in [0.2, 0.25) is 5.02 Å². The van der Waals surface area contributed by atoms with Crippen LogP contribution < -0.4 is 5.43 Å². The van der Waals surface area contributed by atoms with E-state index < -0.39 is 11.4 Å². The van der Waals surface area contributed by atoms with Gasteiger partial charge in [0.05, 0.1) is 6.61 Å². The molecule has 0 saturated carbocycles. The number of hydrogen-bond donors (Lipinski definition) is 0. The van der Waals surface area contributed by atoms with E-state index in [1.54, 1.807) is 13.8 Å². The fraction of sp³-hybridized carbons (Fsp3) is 0.400. The van der Waals surface area contributed by atoms with Crippen LogP contribution in [0.15, 0.2) is 15.5 Å². The lowest BCUT2D eigenvalue weighted by Gasteiger charge is -2.03. The van der Waals surface area contributed by atoms with Crippen LogP contribution in [0, 0.1) is 0 Å². The highest BCUT2D eigenvalue weighted by Gasteiger charge is 2.17. The lowest BCUT2D eigenvalue weighted by Crippen LogP contribution is -2.18. The van der Waals surface area contributed by atoms with Crippen LogP contribution in [-0.4, -0.2) is 12.6 Å². The Morgan fingerprint density at radius 3 is 2.73 bits per heavy atom. The van der Waals surface area contributed by atoms with Crippen LogP contribution >= 0.6 is 11.6 Å². The molecule has 0 saturated heterocycles. The molecule has 0 aromatic carbocycles. The molecule has 0 aliphatic heterocycles. The molecule has 0 bridgehead atoms. The molecule has 15 heavy (non-hydrogen) atoms.